The lowest BCUT2D eigenvalue weighted by atomic mass is 9.97. The van der Waals surface area contributed by atoms with E-state index in [-0.39, 0.29) is 6.17 Å². The van der Waals surface area contributed by atoms with Gasteiger partial charge in [0.15, 0.2) is 5.84 Å². The number of hydrogen-bond donors (Lipinski definition) is 1. The maximum atomic E-state index is 6.40. The Balaban J connectivity index is 1.26. The van der Waals surface area contributed by atoms with Gasteiger partial charge in [0, 0.05) is 32.7 Å². The number of fused-ring (bicyclic) bond motifs is 6. The highest BCUT2D eigenvalue weighted by Gasteiger charge is 2.24. The smallest absolute Gasteiger partial charge is 0.160 e. The number of hydrogen-bond acceptors (Lipinski definition) is 5. The largest absolute Gasteiger partial charge is 0.456 e. The van der Waals surface area contributed by atoms with Crippen LogP contribution in [0.2, 0.25) is 0 Å². The highest BCUT2D eigenvalue weighted by atomic mass is 16.3. The average Bonchev–Trinajstić information content (AvgIpc) is 3.67. The van der Waals surface area contributed by atoms with Crippen LogP contribution >= 0.6 is 0 Å². The van der Waals surface area contributed by atoms with E-state index < -0.39 is 0 Å². The monoisotopic (exact) mass is 567 g/mol. The SMILES string of the molecule is c1ccc(C2=NC(c3cccc4oc5ccc(-c6cccc7oc8ccccc8c67)cc5c34)=NC(c3ccccc3)N2)cc1. The van der Waals surface area contributed by atoms with Crippen molar-refractivity contribution in [1.82, 2.24) is 5.32 Å². The molecule has 5 nitrogen and oxygen atoms in total. The third-order valence-corrected chi connectivity index (χ3v) is 8.35. The first-order valence-corrected chi connectivity index (χ1v) is 14.7. The predicted octanol–water partition coefficient (Wildman–Crippen LogP) is 9.65. The van der Waals surface area contributed by atoms with E-state index in [0.29, 0.717) is 5.84 Å². The zero-order chi connectivity index (χ0) is 29.0. The summed E-state index contributed by atoms with van der Waals surface area (Å²) < 4.78 is 12.6. The fraction of sp³-hybridized carbons (Fsp3) is 0.0256. The molecule has 0 bridgehead atoms. The van der Waals surface area contributed by atoms with Crippen LogP contribution in [0.3, 0.4) is 0 Å². The fourth-order valence-corrected chi connectivity index (χ4v) is 6.31. The number of furan rings is 2. The Morgan fingerprint density at radius 3 is 1.93 bits per heavy atom. The molecule has 1 N–H and O–H groups in total. The van der Waals surface area contributed by atoms with Gasteiger partial charge in [-0.3, -0.25) is 0 Å². The lowest BCUT2D eigenvalue weighted by molar-refractivity contribution is 0.668. The molecule has 0 spiro atoms. The van der Waals surface area contributed by atoms with Crippen LogP contribution in [-0.2, 0) is 0 Å². The van der Waals surface area contributed by atoms with E-state index >= 15 is 0 Å². The van der Waals surface area contributed by atoms with E-state index in [2.05, 4.69) is 78.1 Å². The topological polar surface area (TPSA) is 63.0 Å². The third kappa shape index (κ3) is 3.94. The molecule has 0 aliphatic carbocycles. The van der Waals surface area contributed by atoms with Crippen molar-refractivity contribution < 1.29 is 8.83 Å². The van der Waals surface area contributed by atoms with Crippen molar-refractivity contribution in [3.63, 3.8) is 0 Å². The van der Waals surface area contributed by atoms with E-state index in [0.717, 1.165) is 77.5 Å². The number of rotatable bonds is 4. The van der Waals surface area contributed by atoms with Crippen LogP contribution in [-0.4, -0.2) is 11.7 Å². The van der Waals surface area contributed by atoms with Gasteiger partial charge >= 0.3 is 0 Å². The van der Waals surface area contributed by atoms with Gasteiger partial charge in [0.25, 0.3) is 0 Å². The normalized spacial score (nSPS) is 15.0. The van der Waals surface area contributed by atoms with Crippen molar-refractivity contribution in [3.8, 4) is 11.1 Å². The molecule has 1 unspecified atom stereocenters. The maximum absolute atomic E-state index is 6.40. The van der Waals surface area contributed by atoms with Crippen molar-refractivity contribution in [3.05, 3.63) is 156 Å². The summed E-state index contributed by atoms with van der Waals surface area (Å²) >= 11 is 0. The molecule has 44 heavy (non-hydrogen) atoms. The highest BCUT2D eigenvalue weighted by molar-refractivity contribution is 6.22. The van der Waals surface area contributed by atoms with Crippen LogP contribution in [0.5, 0.6) is 0 Å². The van der Waals surface area contributed by atoms with Crippen LogP contribution in [0.1, 0.15) is 22.9 Å². The van der Waals surface area contributed by atoms with Crippen molar-refractivity contribution in [2.75, 3.05) is 0 Å². The molecule has 8 aromatic rings. The van der Waals surface area contributed by atoms with E-state index in [9.17, 15) is 0 Å². The van der Waals surface area contributed by atoms with Gasteiger partial charge < -0.3 is 14.2 Å². The number of amidine groups is 2. The van der Waals surface area contributed by atoms with Crippen molar-refractivity contribution in [1.29, 1.82) is 0 Å². The molecule has 1 aliphatic rings. The van der Waals surface area contributed by atoms with Gasteiger partial charge in [-0.1, -0.05) is 109 Å². The minimum atomic E-state index is -0.283. The molecule has 0 amide bonds. The van der Waals surface area contributed by atoms with Gasteiger partial charge in [-0.25, -0.2) is 9.98 Å². The van der Waals surface area contributed by atoms with Gasteiger partial charge in [0.05, 0.1) is 0 Å². The molecule has 9 rings (SSSR count). The van der Waals surface area contributed by atoms with Crippen molar-refractivity contribution >= 4 is 55.5 Å². The molecule has 1 atom stereocenters. The maximum Gasteiger partial charge on any atom is 0.160 e. The van der Waals surface area contributed by atoms with E-state index in [4.69, 9.17) is 18.8 Å². The molecular formula is C39H25N3O2. The highest BCUT2D eigenvalue weighted by Crippen LogP contribution is 2.40. The summed E-state index contributed by atoms with van der Waals surface area (Å²) in [6.45, 7) is 0. The third-order valence-electron chi connectivity index (χ3n) is 8.35. The Morgan fingerprint density at radius 2 is 1.14 bits per heavy atom. The summed E-state index contributed by atoms with van der Waals surface area (Å²) in [5.74, 6) is 1.45. The average molecular weight is 568 g/mol. The second kappa shape index (κ2) is 9.82. The lowest BCUT2D eigenvalue weighted by Gasteiger charge is -2.23. The van der Waals surface area contributed by atoms with Gasteiger partial charge in [0.1, 0.15) is 34.3 Å². The quantitative estimate of drug-likeness (QED) is 0.230. The Hall–Kier alpha value is -5.94. The van der Waals surface area contributed by atoms with Crippen LogP contribution < -0.4 is 5.32 Å². The van der Waals surface area contributed by atoms with E-state index in [1.165, 1.54) is 0 Å². The molecule has 0 saturated carbocycles. The van der Waals surface area contributed by atoms with Crippen LogP contribution in [0.4, 0.5) is 0 Å². The standard InChI is InChI=1S/C39H25N3O2/c1-3-11-24(12-4-1)37-40-38(25-13-5-2-6-14-25)42-39(41-37)29-17-10-20-34-36(29)30-23-26(21-22-32(30)44-34)27-16-9-19-33-35(27)28-15-7-8-18-31(28)43-33/h1-23,37H,(H,40,41,42). The second-order valence-electron chi connectivity index (χ2n) is 11.0. The first kappa shape index (κ1) is 24.6. The first-order chi connectivity index (χ1) is 21.8. The Labute approximate surface area is 252 Å². The molecule has 0 fully saturated rings. The predicted molar refractivity (Wildman–Crippen MR) is 178 cm³/mol. The molecular weight excluding hydrogens is 542 g/mol. The second-order valence-corrected chi connectivity index (χ2v) is 11.0. The van der Waals surface area contributed by atoms with Crippen LogP contribution in [0.25, 0.3) is 55.0 Å². The summed E-state index contributed by atoms with van der Waals surface area (Å²) in [5, 5.41) is 7.79. The summed E-state index contributed by atoms with van der Waals surface area (Å²) in [5.41, 5.74) is 8.60. The molecule has 2 aromatic heterocycles. The Morgan fingerprint density at radius 1 is 0.500 bits per heavy atom. The Kier molecular flexibility index (Phi) is 5.50. The minimum absolute atomic E-state index is 0.283. The molecule has 1 aliphatic heterocycles. The van der Waals surface area contributed by atoms with Gasteiger partial charge in [-0.2, -0.15) is 0 Å². The number of benzene rings is 6. The molecule has 208 valence electrons. The molecule has 0 radical (unpaired) electrons. The summed E-state index contributed by atoms with van der Waals surface area (Å²) in [6, 6.07) is 47.4. The summed E-state index contributed by atoms with van der Waals surface area (Å²) in [7, 11) is 0. The van der Waals surface area contributed by atoms with Crippen molar-refractivity contribution in [2.24, 2.45) is 9.98 Å². The van der Waals surface area contributed by atoms with Gasteiger partial charge in [-0.05, 0) is 47.0 Å². The first-order valence-electron chi connectivity index (χ1n) is 14.7. The van der Waals surface area contributed by atoms with E-state index in [1.807, 2.05) is 66.7 Å². The summed E-state index contributed by atoms with van der Waals surface area (Å²) in [6.07, 6.45) is -0.283. The molecule has 5 heteroatoms. The molecule has 6 aromatic carbocycles. The minimum Gasteiger partial charge on any atom is -0.456 e. The molecule has 3 heterocycles. The number of aliphatic imine (C=N–C) groups is 2. The number of nitrogens with one attached hydrogen (secondary N) is 1. The van der Waals surface area contributed by atoms with E-state index in [1.54, 1.807) is 0 Å². The van der Waals surface area contributed by atoms with Crippen LogP contribution in [0.15, 0.2) is 158 Å². The Bertz CT molecular complexity index is 2420. The van der Waals surface area contributed by atoms with Crippen molar-refractivity contribution in [2.45, 2.75) is 6.17 Å². The summed E-state index contributed by atoms with van der Waals surface area (Å²) in [4.78, 5) is 10.2. The van der Waals surface area contributed by atoms with Gasteiger partial charge in [0.2, 0.25) is 0 Å². The number of nitrogens with zero attached hydrogens (tertiary/aromatic N) is 2. The molecule has 0 saturated heterocycles. The van der Waals surface area contributed by atoms with Crippen LogP contribution in [0, 0.1) is 0 Å². The fourth-order valence-electron chi connectivity index (χ4n) is 6.31. The zero-order valence-electron chi connectivity index (χ0n) is 23.6. The lowest BCUT2D eigenvalue weighted by Crippen LogP contribution is -2.33. The number of para-hydroxylation sites is 1. The zero-order valence-corrected chi connectivity index (χ0v) is 23.6. The van der Waals surface area contributed by atoms with Gasteiger partial charge in [-0.15, -0.1) is 0 Å².